The van der Waals surface area contributed by atoms with Crippen LogP contribution >= 0.6 is 22.9 Å². The molecular formula is C29H32ClN3O4S. The lowest BCUT2D eigenvalue weighted by molar-refractivity contribution is -0.136. The molecule has 2 aromatic carbocycles. The predicted octanol–water partition coefficient (Wildman–Crippen LogP) is 6.23. The van der Waals surface area contributed by atoms with Gasteiger partial charge in [0.1, 0.15) is 10.8 Å². The van der Waals surface area contributed by atoms with E-state index < -0.39 is 11.6 Å². The number of benzene rings is 2. The van der Waals surface area contributed by atoms with Crippen LogP contribution in [0, 0.1) is 6.92 Å². The van der Waals surface area contributed by atoms with Gasteiger partial charge in [-0.1, -0.05) is 23.7 Å². The van der Waals surface area contributed by atoms with Gasteiger partial charge in [-0.15, -0.1) is 11.3 Å². The second-order valence-corrected chi connectivity index (χ2v) is 11.6. The number of aliphatic hydroxyl groups is 1. The first kappa shape index (κ1) is 28.0. The maximum absolute atomic E-state index is 11.7. The van der Waals surface area contributed by atoms with Crippen LogP contribution < -0.4 is 4.90 Å². The van der Waals surface area contributed by atoms with E-state index in [4.69, 9.17) is 26.4 Å². The minimum Gasteiger partial charge on any atom is -0.481 e. The average molecular weight is 554 g/mol. The number of morpholine rings is 1. The summed E-state index contributed by atoms with van der Waals surface area (Å²) in [5, 5.41) is 19.6. The second kappa shape index (κ2) is 11.8. The van der Waals surface area contributed by atoms with Crippen LogP contribution in [0.4, 0.5) is 5.82 Å². The topological polar surface area (TPSA) is 95.8 Å². The highest BCUT2D eigenvalue weighted by Crippen LogP contribution is 2.41. The number of halogens is 1. The van der Waals surface area contributed by atoms with Crippen LogP contribution in [-0.2, 0) is 16.0 Å². The number of ether oxygens (including phenoxy) is 1. The molecule has 0 aliphatic carbocycles. The van der Waals surface area contributed by atoms with E-state index in [1.54, 1.807) is 32.1 Å². The largest absolute Gasteiger partial charge is 0.481 e. The Kier molecular flexibility index (Phi) is 8.67. The second-order valence-electron chi connectivity index (χ2n) is 10.2. The molecule has 0 unspecified atom stereocenters. The molecule has 0 saturated carbocycles. The minimum atomic E-state index is -0.860. The van der Waals surface area contributed by atoms with Crippen molar-refractivity contribution in [2.75, 3.05) is 31.2 Å². The molecule has 0 radical (unpaired) electrons. The van der Waals surface area contributed by atoms with Gasteiger partial charge in [-0.3, -0.25) is 4.79 Å². The normalized spacial score (nSPS) is 13.8. The van der Waals surface area contributed by atoms with Crippen LogP contribution in [0.5, 0.6) is 0 Å². The quantitative estimate of drug-likeness (QED) is 0.302. The summed E-state index contributed by atoms with van der Waals surface area (Å²) >= 11 is 7.69. The first-order chi connectivity index (χ1) is 18.0. The van der Waals surface area contributed by atoms with Crippen LogP contribution in [0.3, 0.4) is 0 Å². The molecule has 0 amide bonds. The lowest BCUT2D eigenvalue weighted by Gasteiger charge is -2.27. The molecule has 1 saturated heterocycles. The molecule has 1 fully saturated rings. The Hall–Kier alpha value is -3.04. The van der Waals surface area contributed by atoms with Gasteiger partial charge in [-0.25, -0.2) is 9.97 Å². The highest BCUT2D eigenvalue weighted by molar-refractivity contribution is 7.22. The van der Waals surface area contributed by atoms with Gasteiger partial charge in [0.05, 0.1) is 35.5 Å². The summed E-state index contributed by atoms with van der Waals surface area (Å²) in [4.78, 5) is 23.3. The molecule has 7 nitrogen and oxygen atoms in total. The van der Waals surface area contributed by atoms with E-state index in [2.05, 4.69) is 16.0 Å². The van der Waals surface area contributed by atoms with E-state index in [0.717, 1.165) is 61.9 Å². The number of anilines is 1. The molecule has 2 aromatic heterocycles. The molecule has 2 N–H and O–H groups in total. The maximum atomic E-state index is 11.7. The molecule has 9 heteroatoms. The molecule has 5 rings (SSSR count). The molecule has 0 bridgehead atoms. The van der Waals surface area contributed by atoms with Gasteiger partial charge < -0.3 is 19.8 Å². The van der Waals surface area contributed by atoms with Gasteiger partial charge in [0.25, 0.3) is 0 Å². The third-order valence-corrected chi connectivity index (χ3v) is 7.19. The smallest absolute Gasteiger partial charge is 0.307 e. The minimum absolute atomic E-state index is 0.0522. The van der Waals surface area contributed by atoms with E-state index >= 15 is 0 Å². The van der Waals surface area contributed by atoms with Gasteiger partial charge in [0.2, 0.25) is 0 Å². The molecule has 0 atom stereocenters. The number of rotatable bonds is 5. The number of hydrogen-bond acceptors (Lipinski definition) is 7. The van der Waals surface area contributed by atoms with Crippen molar-refractivity contribution in [3.8, 4) is 21.7 Å². The van der Waals surface area contributed by atoms with Crippen molar-refractivity contribution in [1.29, 1.82) is 0 Å². The van der Waals surface area contributed by atoms with Crippen LogP contribution in [0.15, 0.2) is 48.7 Å². The van der Waals surface area contributed by atoms with Crippen LogP contribution in [0.2, 0.25) is 5.02 Å². The SMILES string of the molecule is CC(C)(C)O.Cc1cc2nc(-c3ccnc(N4CCOCC4)c3)sc2c(-c2ccc(Cl)cc2)c1CC(=O)O. The molecule has 3 heterocycles. The average Bonchev–Trinajstić information content (AvgIpc) is 3.28. The predicted molar refractivity (Wildman–Crippen MR) is 154 cm³/mol. The summed E-state index contributed by atoms with van der Waals surface area (Å²) in [6.45, 7) is 10.2. The number of carboxylic acid groups (broad SMARTS) is 1. The summed E-state index contributed by atoms with van der Waals surface area (Å²) in [6, 6.07) is 13.5. The van der Waals surface area contributed by atoms with Crippen molar-refractivity contribution in [2.24, 2.45) is 0 Å². The summed E-state index contributed by atoms with van der Waals surface area (Å²) < 4.78 is 6.43. The number of pyridine rings is 1. The number of carbonyl (C=O) groups is 1. The number of aliphatic carboxylic acids is 1. The monoisotopic (exact) mass is 553 g/mol. The summed E-state index contributed by atoms with van der Waals surface area (Å²) in [6.07, 6.45) is 1.76. The van der Waals surface area contributed by atoms with Crippen LogP contribution in [0.1, 0.15) is 31.9 Å². The fourth-order valence-electron chi connectivity index (χ4n) is 4.18. The third kappa shape index (κ3) is 7.08. The number of carboxylic acids is 1. The van der Waals surface area contributed by atoms with Crippen molar-refractivity contribution in [2.45, 2.75) is 39.7 Å². The third-order valence-electron chi connectivity index (χ3n) is 5.80. The number of hydrogen-bond donors (Lipinski definition) is 2. The Morgan fingerprint density at radius 1 is 1.11 bits per heavy atom. The Morgan fingerprint density at radius 2 is 1.76 bits per heavy atom. The van der Waals surface area contributed by atoms with E-state index in [9.17, 15) is 9.90 Å². The Balaban J connectivity index is 0.000000617. The first-order valence-electron chi connectivity index (χ1n) is 12.4. The lowest BCUT2D eigenvalue weighted by atomic mass is 9.93. The molecule has 1 aliphatic heterocycles. The first-order valence-corrected chi connectivity index (χ1v) is 13.6. The molecular weight excluding hydrogens is 522 g/mol. The molecule has 38 heavy (non-hydrogen) atoms. The van der Waals surface area contributed by atoms with Crippen molar-refractivity contribution in [3.63, 3.8) is 0 Å². The van der Waals surface area contributed by atoms with E-state index in [-0.39, 0.29) is 6.42 Å². The fourth-order valence-corrected chi connectivity index (χ4v) is 5.44. The summed E-state index contributed by atoms with van der Waals surface area (Å²) in [5.74, 6) is 0.0532. The molecule has 0 spiro atoms. The Bertz CT molecular complexity index is 1420. The van der Waals surface area contributed by atoms with Crippen molar-refractivity contribution in [3.05, 3.63) is 64.8 Å². The fraction of sp³-hybridized carbons (Fsp3) is 0.345. The standard InChI is InChI=1S/C25H22ClN3O3S.C4H10O/c1-15-12-20-24(23(19(15)14-22(30)31)16-2-4-18(26)5-3-16)33-25(28-20)17-6-7-27-21(13-17)29-8-10-32-11-9-29;1-4(2,3)5/h2-7,12-13H,8-11,14H2,1H3,(H,30,31);5H,1-3H3. The van der Waals surface area contributed by atoms with Crippen molar-refractivity contribution >= 4 is 44.9 Å². The zero-order valence-corrected chi connectivity index (χ0v) is 23.6. The van der Waals surface area contributed by atoms with E-state index in [0.29, 0.717) is 18.2 Å². The molecule has 1 aliphatic rings. The number of aromatic nitrogens is 2. The number of aryl methyl sites for hydroxylation is 1. The van der Waals surface area contributed by atoms with Gasteiger partial charge in [0.15, 0.2) is 0 Å². The van der Waals surface area contributed by atoms with Crippen LogP contribution in [0.25, 0.3) is 31.9 Å². The van der Waals surface area contributed by atoms with Gasteiger partial charge >= 0.3 is 5.97 Å². The zero-order valence-electron chi connectivity index (χ0n) is 22.0. The zero-order chi connectivity index (χ0) is 27.4. The molecule has 4 aromatic rings. The van der Waals surface area contributed by atoms with E-state index in [1.807, 2.05) is 49.5 Å². The highest BCUT2D eigenvalue weighted by atomic mass is 35.5. The lowest BCUT2D eigenvalue weighted by Crippen LogP contribution is -2.36. The van der Waals surface area contributed by atoms with Crippen molar-refractivity contribution in [1.82, 2.24) is 9.97 Å². The highest BCUT2D eigenvalue weighted by Gasteiger charge is 2.20. The van der Waals surface area contributed by atoms with Gasteiger partial charge in [-0.05, 0) is 74.7 Å². The van der Waals surface area contributed by atoms with E-state index in [1.165, 1.54) is 0 Å². The molecule has 200 valence electrons. The Labute approximate surface area is 231 Å². The van der Waals surface area contributed by atoms with Crippen molar-refractivity contribution < 1.29 is 19.7 Å². The number of nitrogens with zero attached hydrogens (tertiary/aromatic N) is 3. The number of thiazole rings is 1. The number of fused-ring (bicyclic) bond motifs is 1. The van der Waals surface area contributed by atoms with Gasteiger partial charge in [-0.2, -0.15) is 0 Å². The summed E-state index contributed by atoms with van der Waals surface area (Å²) in [5.41, 5.74) is 4.91. The summed E-state index contributed by atoms with van der Waals surface area (Å²) in [7, 11) is 0. The Morgan fingerprint density at radius 3 is 2.39 bits per heavy atom. The van der Waals surface area contributed by atoms with Crippen LogP contribution in [-0.4, -0.2) is 58.1 Å². The maximum Gasteiger partial charge on any atom is 0.307 e. The van der Waals surface area contributed by atoms with Gasteiger partial charge in [0, 0.05) is 35.4 Å².